The third-order valence-corrected chi connectivity index (χ3v) is 3.39. The van der Waals surface area contributed by atoms with Gasteiger partial charge in [0, 0.05) is 31.7 Å². The molecule has 3 rings (SSSR count). The molecule has 0 saturated carbocycles. The van der Waals surface area contributed by atoms with E-state index in [9.17, 15) is 4.79 Å². The highest BCUT2D eigenvalue weighted by molar-refractivity contribution is 5.87. The number of anilines is 1. The maximum Gasteiger partial charge on any atom is 0.302 e. The molecule has 23 heavy (non-hydrogen) atoms. The van der Waals surface area contributed by atoms with Gasteiger partial charge in [-0.25, -0.2) is 16.5 Å². The molecule has 1 fully saturated rings. The molecule has 1 aliphatic heterocycles. The van der Waals surface area contributed by atoms with E-state index in [2.05, 4.69) is 19.8 Å². The van der Waals surface area contributed by atoms with Gasteiger partial charge in [0.25, 0.3) is 6.50 Å². The van der Waals surface area contributed by atoms with Crippen molar-refractivity contribution >= 4 is 22.8 Å². The van der Waals surface area contributed by atoms with E-state index >= 15 is 0 Å². The Morgan fingerprint density at radius 2 is 2.70 bits per heavy atom. The zero-order chi connectivity index (χ0) is 26.1. The summed E-state index contributed by atoms with van der Waals surface area (Å²) in [6, 6.07) is -3.49. The highest BCUT2D eigenvalue weighted by atomic mass is 16.2. The van der Waals surface area contributed by atoms with Crippen molar-refractivity contribution in [2.75, 3.05) is 31.4 Å². The van der Waals surface area contributed by atoms with Crippen molar-refractivity contribution in [1.82, 2.24) is 19.9 Å². The van der Waals surface area contributed by atoms with Crippen molar-refractivity contribution in [3.8, 4) is 0 Å². The molecule has 0 radical (unpaired) electrons. The molecule has 2 aromatic rings. The summed E-state index contributed by atoms with van der Waals surface area (Å²) in [6.45, 7) is -2.45. The summed E-state index contributed by atoms with van der Waals surface area (Å²) in [5.41, 5.74) is -0.127. The Morgan fingerprint density at radius 3 is 3.48 bits per heavy atom. The number of hydrogen-bond donors (Lipinski definition) is 1. The number of rotatable bonds is 3. The summed E-state index contributed by atoms with van der Waals surface area (Å²) in [5, 5.41) is -0.245. The van der Waals surface area contributed by atoms with Crippen molar-refractivity contribution in [3.63, 3.8) is 0 Å². The van der Waals surface area contributed by atoms with E-state index in [1.807, 2.05) is 0 Å². The highest BCUT2D eigenvalue weighted by Crippen LogP contribution is 2.28. The lowest BCUT2D eigenvalue weighted by molar-refractivity contribution is -0.130. The Balaban J connectivity index is 2.38. The lowest BCUT2D eigenvalue weighted by atomic mass is 9.92. The quantitative estimate of drug-likeness (QED) is 0.870. The number of nitrogens with zero attached hydrogens (tertiary/aromatic N) is 5. The van der Waals surface area contributed by atoms with Gasteiger partial charge >= 0.3 is 5.91 Å². The summed E-state index contributed by atoms with van der Waals surface area (Å²) in [5.74, 6) is -4.55. The van der Waals surface area contributed by atoms with Crippen LogP contribution in [0.4, 0.5) is 5.82 Å². The van der Waals surface area contributed by atoms with Crippen molar-refractivity contribution in [3.05, 3.63) is 30.0 Å². The van der Waals surface area contributed by atoms with Gasteiger partial charge in [-0.05, 0) is 18.4 Å². The van der Waals surface area contributed by atoms with Crippen molar-refractivity contribution in [2.45, 2.75) is 19.4 Å². The van der Waals surface area contributed by atoms with E-state index in [1.165, 1.54) is 0 Å². The van der Waals surface area contributed by atoms with Gasteiger partial charge in [-0.2, -0.15) is 0 Å². The number of aromatic amines is 1. The highest BCUT2D eigenvalue weighted by Gasteiger charge is 2.33. The van der Waals surface area contributed by atoms with Gasteiger partial charge in [-0.1, -0.05) is 6.92 Å². The number of amides is 1. The van der Waals surface area contributed by atoms with Crippen LogP contribution in [0.1, 0.15) is 28.4 Å². The zero-order valence-electron chi connectivity index (χ0n) is 23.1. The first-order valence-electron chi connectivity index (χ1n) is 12.2. The summed E-state index contributed by atoms with van der Waals surface area (Å²) in [7, 11) is 0. The Kier molecular flexibility index (Phi) is 1.87. The molecule has 0 bridgehead atoms. The molecule has 7 nitrogen and oxygen atoms in total. The van der Waals surface area contributed by atoms with Crippen LogP contribution in [0.2, 0.25) is 0 Å². The van der Waals surface area contributed by atoms with Crippen LogP contribution in [0.25, 0.3) is 15.9 Å². The summed E-state index contributed by atoms with van der Waals surface area (Å²) >= 11 is 0. The number of aromatic nitrogens is 3. The van der Waals surface area contributed by atoms with Gasteiger partial charge in [-0.3, -0.25) is 4.79 Å². The second-order valence-corrected chi connectivity index (χ2v) is 4.81. The average Bonchev–Trinajstić information content (AvgIpc) is 3.05. The van der Waals surface area contributed by atoms with Gasteiger partial charge in [0.05, 0.1) is 16.9 Å². The number of nitrogens with one attached hydrogen (secondary N) is 1. The van der Waals surface area contributed by atoms with E-state index in [-0.39, 0.29) is 26.9 Å². The Bertz CT molecular complexity index is 1190. The number of hydrogen-bond acceptors (Lipinski definition) is 4. The topological polar surface area (TPSA) is 69.5 Å². The Labute approximate surface area is 150 Å². The first-order chi connectivity index (χ1) is 15.3. The normalized spacial score (nSPS) is 37.9. The maximum atomic E-state index is 12.8. The number of carbonyl (C=O) groups excluding carboxylic acids is 1. The van der Waals surface area contributed by atoms with Gasteiger partial charge < -0.3 is 19.6 Å². The number of likely N-dealkylation sites (tertiary alicyclic amines) is 1. The summed E-state index contributed by atoms with van der Waals surface area (Å²) in [6.07, 6.45) is -0.0281. The molecule has 1 N–H and O–H groups in total. The van der Waals surface area contributed by atoms with Crippen LogP contribution in [0.3, 0.4) is 0 Å². The second kappa shape index (κ2) is 6.24. The maximum absolute atomic E-state index is 12.8. The lowest BCUT2D eigenvalue weighted by Gasteiger charge is -2.41. The number of fused-ring (bicyclic) bond motifs is 1. The van der Waals surface area contributed by atoms with Crippen LogP contribution in [0.5, 0.6) is 0 Å². The number of likely N-dealkylation sites (N-methyl/N-ethyl adjacent to an activating group) is 1. The van der Waals surface area contributed by atoms with Gasteiger partial charge in [-0.15, -0.1) is 0 Å². The second-order valence-electron chi connectivity index (χ2n) is 4.81. The Hall–Kier alpha value is -2.62. The monoisotopic (exact) mass is 323 g/mol. The van der Waals surface area contributed by atoms with Crippen LogP contribution in [0.15, 0.2) is 18.5 Å². The van der Waals surface area contributed by atoms with Crippen molar-refractivity contribution in [1.29, 1.82) is 0 Å². The molecular formula is C16H20N6O. The standard InChI is InChI=1S/C16H20N6O/c1-11-5-7-22(14(23)8-17-2)9-13(11)21(3)16-12-4-6-18-15(12)19-10-20-16/h4,6,10-11,13H,5,7-9H2,1,3H3,(H,18,19,20)/t11-,13+/m1/s1/i3D3,4D,8D2,9D2,10D,11D,13D. The molecule has 3 heterocycles. The first kappa shape index (κ1) is 6.87. The first-order valence-corrected chi connectivity index (χ1v) is 6.66. The number of piperidine rings is 1. The van der Waals surface area contributed by atoms with Crippen LogP contribution in [-0.2, 0) is 4.79 Å². The fourth-order valence-electron chi connectivity index (χ4n) is 2.20. The molecule has 0 aromatic carbocycles. The van der Waals surface area contributed by atoms with Crippen molar-refractivity contribution < 1.29 is 19.9 Å². The van der Waals surface area contributed by atoms with Gasteiger partial charge in [0.1, 0.15) is 21.9 Å². The largest absolute Gasteiger partial charge is 0.354 e. The van der Waals surface area contributed by atoms with E-state index in [4.69, 9.17) is 21.7 Å². The summed E-state index contributed by atoms with van der Waals surface area (Å²) in [4.78, 5) is 25.9. The van der Waals surface area contributed by atoms with E-state index in [0.29, 0.717) is 0 Å². The van der Waals surface area contributed by atoms with Gasteiger partial charge in [0.15, 0.2) is 0 Å². The molecule has 1 saturated heterocycles. The fourth-order valence-corrected chi connectivity index (χ4v) is 2.20. The molecule has 1 aliphatic rings. The minimum Gasteiger partial charge on any atom is -0.354 e. The van der Waals surface area contributed by atoms with Crippen LogP contribution < -0.4 is 4.90 Å². The molecular weight excluding hydrogens is 292 g/mol. The molecule has 120 valence electrons. The van der Waals surface area contributed by atoms with Crippen LogP contribution in [0, 0.1) is 12.5 Å². The fraction of sp³-hybridized carbons (Fsp3) is 0.500. The van der Waals surface area contributed by atoms with E-state index in [0.717, 1.165) is 13.1 Å². The SMILES string of the molecule is [2H]c1nc(N(C([2H])([2H])[2H])[C@@]2([2H])C([2H])([2H])N(C(=O)C([2H])([2H])[N+]#[C-])CC[C@@]2([2H])C)c2c([2H])c[nH]c2n1. The third kappa shape index (κ3) is 2.84. The van der Waals surface area contributed by atoms with E-state index < -0.39 is 62.9 Å². The molecule has 0 unspecified atom stereocenters. The predicted molar refractivity (Wildman–Crippen MR) is 87.9 cm³/mol. The zero-order valence-corrected chi connectivity index (χ0v) is 12.1. The molecule has 7 heteroatoms. The van der Waals surface area contributed by atoms with Crippen LogP contribution in [-0.4, -0.2) is 58.3 Å². The molecule has 0 aliphatic carbocycles. The molecule has 1 amide bonds. The third-order valence-electron chi connectivity index (χ3n) is 3.39. The molecule has 2 atom stereocenters. The minimum absolute atomic E-state index is 0.127. The average molecular weight is 323 g/mol. The number of H-pyrrole nitrogens is 1. The van der Waals surface area contributed by atoms with Crippen LogP contribution >= 0.6 is 0 Å². The number of carbonyl (C=O) groups is 1. The van der Waals surface area contributed by atoms with Gasteiger partial charge in [0.2, 0.25) is 0 Å². The Morgan fingerprint density at radius 1 is 1.83 bits per heavy atom. The lowest BCUT2D eigenvalue weighted by Crippen LogP contribution is -2.53. The smallest absolute Gasteiger partial charge is 0.302 e. The van der Waals surface area contributed by atoms with E-state index in [1.54, 1.807) is 0 Å². The molecule has 0 spiro atoms. The summed E-state index contributed by atoms with van der Waals surface area (Å²) < 4.78 is 90.8. The predicted octanol–water partition coefficient (Wildman–Crippen LogP) is 1.55. The molecule has 2 aromatic heterocycles. The van der Waals surface area contributed by atoms with Crippen molar-refractivity contribution in [2.24, 2.45) is 5.89 Å². The minimum atomic E-state index is -3.38.